The van der Waals surface area contributed by atoms with E-state index in [0.717, 1.165) is 11.5 Å². The van der Waals surface area contributed by atoms with Gasteiger partial charge in [0.1, 0.15) is 0 Å². The molecule has 1 spiro atoms. The highest BCUT2D eigenvalue weighted by atomic mass is 35.5. The largest absolute Gasteiger partial charge is 0.414 e. The van der Waals surface area contributed by atoms with E-state index < -0.39 is 16.6 Å². The summed E-state index contributed by atoms with van der Waals surface area (Å²) >= 11 is 6.98. The van der Waals surface area contributed by atoms with Gasteiger partial charge in [-0.1, -0.05) is 86.9 Å². The first-order chi connectivity index (χ1) is 16.0. The molecule has 5 heteroatoms. The van der Waals surface area contributed by atoms with Gasteiger partial charge in [0.25, 0.3) is 0 Å². The quantitative estimate of drug-likeness (QED) is 0.300. The molecule has 0 aromatic heterocycles. The van der Waals surface area contributed by atoms with Crippen molar-refractivity contribution in [1.82, 2.24) is 0 Å². The van der Waals surface area contributed by atoms with Crippen LogP contribution in [0.2, 0.25) is 34.8 Å². The van der Waals surface area contributed by atoms with Gasteiger partial charge in [-0.3, -0.25) is 0 Å². The molecule has 0 aliphatic heterocycles. The minimum absolute atomic E-state index is 0.245. The van der Waals surface area contributed by atoms with Gasteiger partial charge in [-0.2, -0.15) is 0 Å². The van der Waals surface area contributed by atoms with Gasteiger partial charge in [-0.15, -0.1) is 0 Å². The van der Waals surface area contributed by atoms with Gasteiger partial charge in [0.15, 0.2) is 8.32 Å². The Hall–Kier alpha value is 0.384. The number of fused-ring (bicyclic) bond motifs is 4. The minimum atomic E-state index is -1.98. The second-order valence-corrected chi connectivity index (χ2v) is 25.9. The van der Waals surface area contributed by atoms with E-state index in [1.165, 1.54) is 19.3 Å². The highest BCUT2D eigenvalue weighted by Gasteiger charge is 2.69. The molecule has 0 aromatic rings. The fourth-order valence-corrected chi connectivity index (χ4v) is 16.3. The van der Waals surface area contributed by atoms with Crippen LogP contribution in [0.25, 0.3) is 0 Å². The third-order valence-corrected chi connectivity index (χ3v) is 22.7. The van der Waals surface area contributed by atoms with Crippen molar-refractivity contribution in [2.75, 3.05) is 0 Å². The van der Waals surface area contributed by atoms with Crippen molar-refractivity contribution in [3.05, 3.63) is 11.1 Å². The summed E-state index contributed by atoms with van der Waals surface area (Å²) < 4.78 is 14.9. The lowest BCUT2D eigenvalue weighted by atomic mass is 9.49. The fraction of sp³-hybridized carbons (Fsp3) is 0.933. The zero-order valence-electron chi connectivity index (χ0n) is 24.9. The van der Waals surface area contributed by atoms with Crippen molar-refractivity contribution in [2.45, 2.75) is 142 Å². The molecule has 4 aliphatic carbocycles. The molecule has 0 aromatic carbocycles. The number of halogens is 1. The van der Waals surface area contributed by atoms with Crippen LogP contribution in [-0.4, -0.2) is 28.8 Å². The van der Waals surface area contributed by atoms with Crippen LogP contribution in [0.15, 0.2) is 11.1 Å². The van der Waals surface area contributed by atoms with Crippen LogP contribution in [-0.2, 0) is 8.85 Å². The molecule has 0 unspecified atom stereocenters. The monoisotopic (exact) mass is 538 g/mol. The van der Waals surface area contributed by atoms with Crippen molar-refractivity contribution in [3.8, 4) is 0 Å². The summed E-state index contributed by atoms with van der Waals surface area (Å²) in [4.78, 5) is 0. The first-order valence-corrected chi connectivity index (χ1v) is 20.1. The van der Waals surface area contributed by atoms with Crippen LogP contribution in [0.1, 0.15) is 94.9 Å². The molecule has 0 saturated heterocycles. The molecule has 202 valence electrons. The Kier molecular flexibility index (Phi) is 7.50. The Balaban J connectivity index is 1.75. The van der Waals surface area contributed by atoms with Crippen LogP contribution in [0.4, 0.5) is 0 Å². The molecule has 7 atom stereocenters. The van der Waals surface area contributed by atoms with Crippen LogP contribution < -0.4 is 0 Å². The highest BCUT2D eigenvalue weighted by Crippen LogP contribution is 2.73. The van der Waals surface area contributed by atoms with E-state index in [0.29, 0.717) is 63.8 Å². The van der Waals surface area contributed by atoms with E-state index in [2.05, 4.69) is 88.4 Å². The molecule has 35 heavy (non-hydrogen) atoms. The zero-order valence-corrected chi connectivity index (χ0v) is 27.6. The summed E-state index contributed by atoms with van der Waals surface area (Å²) in [6.07, 6.45) is 8.35. The van der Waals surface area contributed by atoms with Crippen molar-refractivity contribution >= 4 is 28.2 Å². The molecule has 3 saturated carbocycles. The SMILES string of the molecule is CC(C)[Si](O[C@@H]1[C@H]2C[C@H](O[Si](C)(C)C(C)(C)C)C[C@@H]1[C@H]1[C@H](C)C(Cl)=C[C@@H]2C12CC2)(C(C)C)C(C)C. The second kappa shape index (κ2) is 9.24. The maximum absolute atomic E-state index is 7.74. The van der Waals surface area contributed by atoms with E-state index in [1.54, 1.807) is 0 Å². The van der Waals surface area contributed by atoms with Crippen molar-refractivity contribution in [3.63, 3.8) is 0 Å². The van der Waals surface area contributed by atoms with Gasteiger partial charge in [0.05, 0.1) is 6.10 Å². The standard InChI is InChI=1S/C30H55ClO2Si2/c1-18(2)35(19(3)4,20(5)6)33-28-23-15-22(32-34(11,12)29(8,9)10)16-24(28)27-21(7)26(31)17-25(23)30(27)13-14-30/h17-25,27-28H,13-16H2,1-12H3/t21-,22+,23+,24-,25+,27-,28-/m1/s1. The van der Waals surface area contributed by atoms with Gasteiger partial charge in [-0.05, 0) is 95.4 Å². The summed E-state index contributed by atoms with van der Waals surface area (Å²) in [5, 5.41) is 1.38. The molecular formula is C30H55ClO2Si2. The molecule has 4 aliphatic rings. The molecule has 3 fully saturated rings. The Morgan fingerprint density at radius 3 is 1.89 bits per heavy atom. The van der Waals surface area contributed by atoms with Crippen LogP contribution in [0.5, 0.6) is 0 Å². The topological polar surface area (TPSA) is 18.5 Å². The number of rotatable bonds is 7. The van der Waals surface area contributed by atoms with E-state index in [9.17, 15) is 0 Å². The predicted octanol–water partition coefficient (Wildman–Crippen LogP) is 9.76. The Morgan fingerprint density at radius 2 is 1.43 bits per heavy atom. The van der Waals surface area contributed by atoms with E-state index in [1.807, 2.05) is 0 Å². The van der Waals surface area contributed by atoms with Crippen LogP contribution in [0.3, 0.4) is 0 Å². The van der Waals surface area contributed by atoms with Crippen molar-refractivity contribution in [2.24, 2.45) is 35.0 Å². The number of allylic oxidation sites excluding steroid dienone is 2. The molecule has 0 radical (unpaired) electrons. The first kappa shape index (κ1) is 28.4. The first-order valence-electron chi connectivity index (χ1n) is 14.7. The fourth-order valence-electron chi connectivity index (χ4n) is 9.04. The Bertz CT molecular complexity index is 801. The summed E-state index contributed by atoms with van der Waals surface area (Å²) in [5.74, 6) is 2.79. The van der Waals surface area contributed by atoms with Gasteiger partial charge in [-0.25, -0.2) is 0 Å². The number of hydrogen-bond acceptors (Lipinski definition) is 2. The third-order valence-electron chi connectivity index (χ3n) is 11.6. The molecule has 0 amide bonds. The molecule has 2 nitrogen and oxygen atoms in total. The van der Waals surface area contributed by atoms with Gasteiger partial charge < -0.3 is 8.85 Å². The normalized spacial score (nSPS) is 36.8. The maximum atomic E-state index is 7.74. The minimum Gasteiger partial charge on any atom is -0.414 e. The summed E-state index contributed by atoms with van der Waals surface area (Å²) in [7, 11) is -3.80. The Labute approximate surface area is 224 Å². The summed E-state index contributed by atoms with van der Waals surface area (Å²) in [6.45, 7) is 29.1. The zero-order chi connectivity index (χ0) is 26.3. The maximum Gasteiger partial charge on any atom is 0.200 e. The average molecular weight is 539 g/mol. The number of hydrogen-bond donors (Lipinski definition) is 0. The molecule has 0 N–H and O–H groups in total. The third kappa shape index (κ3) is 4.41. The lowest BCUT2D eigenvalue weighted by Crippen LogP contribution is -2.63. The van der Waals surface area contributed by atoms with E-state index in [-0.39, 0.29) is 5.04 Å². The highest BCUT2D eigenvalue weighted by molar-refractivity contribution is 6.77. The van der Waals surface area contributed by atoms with Crippen molar-refractivity contribution in [1.29, 1.82) is 0 Å². The second-order valence-electron chi connectivity index (χ2n) is 15.3. The van der Waals surface area contributed by atoms with Crippen LogP contribution in [0, 0.1) is 35.0 Å². The molecule has 0 heterocycles. The van der Waals surface area contributed by atoms with Gasteiger partial charge >= 0.3 is 0 Å². The van der Waals surface area contributed by atoms with E-state index >= 15 is 0 Å². The smallest absolute Gasteiger partial charge is 0.200 e. The molecular weight excluding hydrogens is 484 g/mol. The lowest BCUT2D eigenvalue weighted by molar-refractivity contribution is -0.140. The summed E-state index contributed by atoms with van der Waals surface area (Å²) in [5.41, 5.74) is 2.36. The van der Waals surface area contributed by atoms with E-state index in [4.69, 9.17) is 20.5 Å². The molecule has 4 bridgehead atoms. The van der Waals surface area contributed by atoms with Gasteiger partial charge in [0.2, 0.25) is 8.32 Å². The van der Waals surface area contributed by atoms with Gasteiger partial charge in [0, 0.05) is 11.1 Å². The molecule has 4 rings (SSSR count). The van der Waals surface area contributed by atoms with Crippen LogP contribution >= 0.6 is 11.6 Å². The average Bonchev–Trinajstić information content (AvgIpc) is 3.48. The predicted molar refractivity (Wildman–Crippen MR) is 156 cm³/mol. The van der Waals surface area contributed by atoms with Crippen molar-refractivity contribution < 1.29 is 8.85 Å². The Morgan fingerprint density at radius 1 is 0.914 bits per heavy atom. The summed E-state index contributed by atoms with van der Waals surface area (Å²) in [6, 6.07) is 0. The lowest BCUT2D eigenvalue weighted by Gasteiger charge is -2.62.